The van der Waals surface area contributed by atoms with Crippen molar-refractivity contribution in [3.8, 4) is 6.07 Å². The summed E-state index contributed by atoms with van der Waals surface area (Å²) in [4.78, 5) is 18.3. The van der Waals surface area contributed by atoms with Gasteiger partial charge in [-0.15, -0.1) is 0 Å². The van der Waals surface area contributed by atoms with Crippen LogP contribution in [-0.4, -0.2) is 68.3 Å². The van der Waals surface area contributed by atoms with Crippen LogP contribution in [-0.2, 0) is 24.3 Å². The monoisotopic (exact) mass is 450 g/mol. The molecule has 2 aliphatic rings. The first-order chi connectivity index (χ1) is 15.8. The third-order valence-corrected chi connectivity index (χ3v) is 6.80. The highest BCUT2D eigenvalue weighted by Gasteiger charge is 2.35. The molecule has 0 aromatic carbocycles. The van der Waals surface area contributed by atoms with Gasteiger partial charge in [0.15, 0.2) is 5.82 Å². The molecule has 2 atom stereocenters. The Bertz CT molecular complexity index is 1290. The van der Waals surface area contributed by atoms with Gasteiger partial charge in [0.05, 0.1) is 42.4 Å². The third-order valence-electron chi connectivity index (χ3n) is 6.80. The van der Waals surface area contributed by atoms with Crippen molar-refractivity contribution in [1.29, 1.82) is 5.26 Å². The van der Waals surface area contributed by atoms with Crippen LogP contribution in [0.4, 0.5) is 10.1 Å². The van der Waals surface area contributed by atoms with Crippen LogP contribution in [0.15, 0.2) is 18.3 Å². The molecule has 0 fully saturated rings. The predicted molar refractivity (Wildman–Crippen MR) is 120 cm³/mol. The number of rotatable bonds is 3. The molecule has 0 aliphatic carbocycles. The molecule has 2 aliphatic heterocycles. The van der Waals surface area contributed by atoms with Crippen LogP contribution in [0.1, 0.15) is 42.5 Å². The third kappa shape index (κ3) is 3.43. The van der Waals surface area contributed by atoms with Crippen molar-refractivity contribution in [2.24, 2.45) is 0 Å². The second-order valence-electron chi connectivity index (χ2n) is 9.26. The molecule has 5 rings (SSSR count). The van der Waals surface area contributed by atoms with Crippen molar-refractivity contribution >= 4 is 17.1 Å². The molecule has 3 aromatic rings. The molecular formula is C23H27FN8O. The van der Waals surface area contributed by atoms with E-state index in [1.807, 2.05) is 0 Å². The first-order valence-corrected chi connectivity index (χ1v) is 11.1. The van der Waals surface area contributed by atoms with E-state index in [-0.39, 0.29) is 18.0 Å². The second kappa shape index (κ2) is 7.85. The second-order valence-corrected chi connectivity index (χ2v) is 9.26. The Balaban J connectivity index is 1.51. The summed E-state index contributed by atoms with van der Waals surface area (Å²) in [7, 11) is 3.55. The number of nitrogens with zero attached hydrogens (tertiary/aromatic N) is 8. The molecule has 10 heteroatoms. The zero-order chi connectivity index (χ0) is 23.4. The molecular weight excluding hydrogens is 423 g/mol. The van der Waals surface area contributed by atoms with Gasteiger partial charge < -0.3 is 9.80 Å². The van der Waals surface area contributed by atoms with E-state index in [1.165, 1.54) is 4.52 Å². The van der Waals surface area contributed by atoms with Crippen molar-refractivity contribution in [1.82, 2.24) is 29.2 Å². The van der Waals surface area contributed by atoms with Crippen LogP contribution in [0.5, 0.6) is 0 Å². The van der Waals surface area contributed by atoms with Crippen molar-refractivity contribution in [3.63, 3.8) is 0 Å². The summed E-state index contributed by atoms with van der Waals surface area (Å²) in [5.41, 5.74) is 4.66. The number of amides is 1. The van der Waals surface area contributed by atoms with E-state index in [2.05, 4.69) is 39.5 Å². The number of aromatic nitrogens is 4. The Morgan fingerprint density at radius 3 is 2.79 bits per heavy atom. The molecule has 1 unspecified atom stereocenters. The molecule has 0 saturated heterocycles. The maximum absolute atomic E-state index is 14.7. The minimum Gasteiger partial charge on any atom is -0.362 e. The van der Waals surface area contributed by atoms with Crippen molar-refractivity contribution in [2.75, 3.05) is 32.1 Å². The van der Waals surface area contributed by atoms with E-state index in [0.29, 0.717) is 43.1 Å². The number of pyridine rings is 1. The number of likely N-dealkylation sites (N-methyl/N-ethyl adjacent to an activating group) is 1. The van der Waals surface area contributed by atoms with Gasteiger partial charge in [-0.05, 0) is 26.0 Å². The minimum atomic E-state index is -0.446. The quantitative estimate of drug-likeness (QED) is 0.607. The fourth-order valence-electron chi connectivity index (χ4n) is 4.94. The number of carbonyl (C=O) groups is 1. The summed E-state index contributed by atoms with van der Waals surface area (Å²) < 4.78 is 18.1. The molecule has 0 N–H and O–H groups in total. The van der Waals surface area contributed by atoms with E-state index in [1.54, 1.807) is 31.1 Å². The van der Waals surface area contributed by atoms with E-state index >= 15 is 0 Å². The van der Waals surface area contributed by atoms with Crippen LogP contribution in [0.25, 0.3) is 5.52 Å². The lowest BCUT2D eigenvalue weighted by Gasteiger charge is -2.36. The van der Waals surface area contributed by atoms with E-state index < -0.39 is 5.82 Å². The van der Waals surface area contributed by atoms with Crippen LogP contribution in [0, 0.1) is 17.1 Å². The maximum atomic E-state index is 14.7. The minimum absolute atomic E-state index is 0.0810. The molecule has 9 nitrogen and oxygen atoms in total. The van der Waals surface area contributed by atoms with Gasteiger partial charge in [0.2, 0.25) is 5.91 Å². The van der Waals surface area contributed by atoms with Crippen LogP contribution >= 0.6 is 0 Å². The lowest BCUT2D eigenvalue weighted by atomic mass is 9.98. The smallest absolute Gasteiger partial charge is 0.236 e. The van der Waals surface area contributed by atoms with Crippen molar-refractivity contribution < 1.29 is 9.18 Å². The average Bonchev–Trinajstić information content (AvgIpc) is 3.34. The van der Waals surface area contributed by atoms with Crippen LogP contribution in [0.2, 0.25) is 0 Å². The topological polar surface area (TPSA) is 85.7 Å². The average molecular weight is 451 g/mol. The van der Waals surface area contributed by atoms with Crippen LogP contribution in [0.3, 0.4) is 0 Å². The van der Waals surface area contributed by atoms with Crippen molar-refractivity contribution in [2.45, 2.75) is 45.4 Å². The normalized spacial score (nSPS) is 20.4. The van der Waals surface area contributed by atoms with Gasteiger partial charge in [0.25, 0.3) is 0 Å². The molecule has 0 spiro atoms. The zero-order valence-corrected chi connectivity index (χ0v) is 19.3. The summed E-state index contributed by atoms with van der Waals surface area (Å²) in [6.07, 6.45) is 1.95. The Kier molecular flexibility index (Phi) is 5.09. The Hall–Kier alpha value is -3.45. The lowest BCUT2D eigenvalue weighted by molar-refractivity contribution is -0.130. The first kappa shape index (κ1) is 21.4. The molecule has 172 valence electrons. The van der Waals surface area contributed by atoms with Gasteiger partial charge in [-0.2, -0.15) is 15.5 Å². The standard InChI is InChI=1S/C23H27FN8O/c1-14-7-19-17(11-29(14)13-22(33)28(3)4)21-12-30(10-15(2)31(21)27-19)20-6-5-16(8-25)32-23(20)18(24)9-26-32/h5-6,9,14-15H,7,10-13H2,1-4H3/t14?,15-/m1/s1. The molecule has 33 heavy (non-hydrogen) atoms. The van der Waals surface area contributed by atoms with E-state index in [9.17, 15) is 14.4 Å². The Morgan fingerprint density at radius 1 is 1.27 bits per heavy atom. The molecule has 3 aromatic heterocycles. The van der Waals surface area contributed by atoms with Gasteiger partial charge in [0, 0.05) is 45.2 Å². The number of nitriles is 1. The van der Waals surface area contributed by atoms with E-state index in [0.717, 1.165) is 29.6 Å². The van der Waals surface area contributed by atoms with Crippen molar-refractivity contribution in [3.05, 3.63) is 46.8 Å². The number of carbonyl (C=O) groups excluding carboxylic acids is 1. The summed E-state index contributed by atoms with van der Waals surface area (Å²) in [5, 5.41) is 18.4. The zero-order valence-electron chi connectivity index (χ0n) is 19.3. The Morgan fingerprint density at radius 2 is 2.06 bits per heavy atom. The predicted octanol–water partition coefficient (Wildman–Crippen LogP) is 1.96. The number of hydrogen-bond acceptors (Lipinski definition) is 6. The van der Waals surface area contributed by atoms with Gasteiger partial charge in [-0.3, -0.25) is 14.4 Å². The van der Waals surface area contributed by atoms with Gasteiger partial charge in [-0.1, -0.05) is 0 Å². The van der Waals surface area contributed by atoms with E-state index in [4.69, 9.17) is 5.10 Å². The number of halogens is 1. The first-order valence-electron chi connectivity index (χ1n) is 11.1. The van der Waals surface area contributed by atoms with Gasteiger partial charge in [0.1, 0.15) is 17.3 Å². The largest absolute Gasteiger partial charge is 0.362 e. The summed E-state index contributed by atoms with van der Waals surface area (Å²) in [6.45, 7) is 6.51. The summed E-state index contributed by atoms with van der Waals surface area (Å²) in [6, 6.07) is 5.87. The highest BCUT2D eigenvalue weighted by atomic mass is 19.1. The fraction of sp³-hybridized carbons (Fsp3) is 0.478. The highest BCUT2D eigenvalue weighted by molar-refractivity contribution is 5.78. The summed E-state index contributed by atoms with van der Waals surface area (Å²) >= 11 is 0. The number of hydrogen-bond donors (Lipinski definition) is 0. The van der Waals surface area contributed by atoms with Crippen LogP contribution < -0.4 is 4.90 Å². The number of anilines is 1. The van der Waals surface area contributed by atoms with Gasteiger partial charge in [-0.25, -0.2) is 8.91 Å². The summed E-state index contributed by atoms with van der Waals surface area (Å²) in [5.74, 6) is -0.365. The van der Waals surface area contributed by atoms with Gasteiger partial charge >= 0.3 is 0 Å². The fourth-order valence-corrected chi connectivity index (χ4v) is 4.94. The molecule has 5 heterocycles. The molecule has 0 saturated carbocycles. The Labute approximate surface area is 191 Å². The molecule has 0 bridgehead atoms. The highest BCUT2D eigenvalue weighted by Crippen LogP contribution is 2.35. The lowest BCUT2D eigenvalue weighted by Crippen LogP contribution is -2.44. The maximum Gasteiger partial charge on any atom is 0.236 e. The number of fused-ring (bicyclic) bond motifs is 4. The molecule has 0 radical (unpaired) electrons. The SMILES string of the molecule is CC1Cc2nn3c(c2CN1CC(=O)N(C)C)CN(c1ccc(C#N)n2ncc(F)c12)C[C@H]3C. The molecule has 1 amide bonds.